The first-order chi connectivity index (χ1) is 9.72. The first kappa shape index (κ1) is 14.8. The Bertz CT molecular complexity index is 520. The molecular weight excluding hydrogens is 278 g/mol. The van der Waals surface area contributed by atoms with E-state index in [1.165, 1.54) is 0 Å². The number of nitrogens with one attached hydrogen (secondary N) is 1. The van der Waals surface area contributed by atoms with E-state index in [-0.39, 0.29) is 12.4 Å². The molecule has 0 fully saturated rings. The van der Waals surface area contributed by atoms with Crippen LogP contribution in [0.4, 0.5) is 5.69 Å². The predicted octanol–water partition coefficient (Wildman–Crippen LogP) is 1.33. The van der Waals surface area contributed by atoms with Crippen molar-refractivity contribution in [3.05, 3.63) is 23.8 Å². The maximum absolute atomic E-state index is 11.4. The van der Waals surface area contributed by atoms with E-state index in [4.69, 9.17) is 15.6 Å². The minimum Gasteiger partial charge on any atom is -0.493 e. The number of hydrogen-bond acceptors (Lipinski definition) is 4. The Labute approximate surface area is 120 Å². The minimum atomic E-state index is -1.52. The van der Waals surface area contributed by atoms with Gasteiger partial charge in [0.2, 0.25) is 11.2 Å². The maximum Gasteiger partial charge on any atom is 0.245 e. The fourth-order valence-corrected chi connectivity index (χ4v) is 2.68. The van der Waals surface area contributed by atoms with Crippen LogP contribution in [0.3, 0.4) is 0 Å². The maximum atomic E-state index is 11.4. The van der Waals surface area contributed by atoms with Crippen LogP contribution in [0, 0.1) is 0 Å². The zero-order valence-electron chi connectivity index (χ0n) is 11.2. The summed E-state index contributed by atoms with van der Waals surface area (Å²) in [4.78, 5) is 0. The molecule has 110 valence electrons. The van der Waals surface area contributed by atoms with Crippen LogP contribution in [-0.4, -0.2) is 28.4 Å². The highest BCUT2D eigenvalue weighted by molar-refractivity contribution is 7.85. The molecule has 0 spiro atoms. The van der Waals surface area contributed by atoms with Gasteiger partial charge in [-0.05, 0) is 31.4 Å². The Kier molecular flexibility index (Phi) is 5.37. The molecule has 1 atom stereocenters. The average Bonchev–Trinajstić information content (AvgIpc) is 2.42. The zero-order valence-corrected chi connectivity index (χ0v) is 12.0. The monoisotopic (exact) mass is 297 g/mol. The van der Waals surface area contributed by atoms with E-state index in [2.05, 4.69) is 9.12 Å². The number of nitrogens with two attached hydrogens (primary N) is 1. The summed E-state index contributed by atoms with van der Waals surface area (Å²) in [6.45, 7) is 0.821. The van der Waals surface area contributed by atoms with Gasteiger partial charge in [0, 0.05) is 6.61 Å². The molecule has 0 radical (unpaired) electrons. The Morgan fingerprint density at radius 2 is 2.10 bits per heavy atom. The van der Waals surface area contributed by atoms with Crippen molar-refractivity contribution in [3.63, 3.8) is 0 Å². The molecule has 1 heterocycles. The number of benzene rings is 1. The summed E-state index contributed by atoms with van der Waals surface area (Å²) in [5, 5.41) is 8.69. The van der Waals surface area contributed by atoms with E-state index in [1.54, 1.807) is 6.07 Å². The Morgan fingerprint density at radius 3 is 2.90 bits per heavy atom. The summed E-state index contributed by atoms with van der Waals surface area (Å²) in [6.07, 6.45) is 3.76. The molecule has 1 aromatic rings. The number of hydrogen-bond donors (Lipinski definition) is 3. The molecule has 0 aliphatic carbocycles. The lowest BCUT2D eigenvalue weighted by atomic mass is 10.1. The van der Waals surface area contributed by atoms with Crippen LogP contribution in [-0.2, 0) is 11.2 Å². The molecule has 0 saturated heterocycles. The van der Waals surface area contributed by atoms with Crippen molar-refractivity contribution in [3.8, 4) is 5.75 Å². The molecule has 20 heavy (non-hydrogen) atoms. The predicted molar refractivity (Wildman–Crippen MR) is 80.0 cm³/mol. The van der Waals surface area contributed by atoms with E-state index >= 15 is 0 Å². The topological polar surface area (TPSA) is 96.9 Å². The van der Waals surface area contributed by atoms with Crippen LogP contribution in [0.5, 0.6) is 5.75 Å². The number of amidine groups is 1. The van der Waals surface area contributed by atoms with Gasteiger partial charge in [-0.2, -0.15) is 4.40 Å². The quantitative estimate of drug-likeness (QED) is 0.661. The number of aliphatic hydroxyl groups excluding tert-OH is 1. The van der Waals surface area contributed by atoms with Crippen molar-refractivity contribution in [1.82, 2.24) is 0 Å². The van der Waals surface area contributed by atoms with Crippen molar-refractivity contribution >= 4 is 22.7 Å². The van der Waals surface area contributed by atoms with Crippen molar-refractivity contribution in [2.24, 2.45) is 10.1 Å². The molecule has 1 aromatic carbocycles. The van der Waals surface area contributed by atoms with Gasteiger partial charge in [-0.3, -0.25) is 4.72 Å². The molecule has 0 aromatic heterocycles. The molecule has 0 bridgehead atoms. The van der Waals surface area contributed by atoms with Crippen molar-refractivity contribution in [2.45, 2.75) is 25.7 Å². The van der Waals surface area contributed by atoms with Gasteiger partial charge < -0.3 is 15.6 Å². The van der Waals surface area contributed by atoms with E-state index in [0.717, 1.165) is 25.7 Å². The molecule has 1 unspecified atom stereocenters. The second kappa shape index (κ2) is 7.25. The number of ether oxygens (including phenoxy) is 1. The van der Waals surface area contributed by atoms with Crippen molar-refractivity contribution < 1.29 is 14.1 Å². The summed E-state index contributed by atoms with van der Waals surface area (Å²) >= 11 is -1.52. The number of rotatable bonds is 7. The van der Waals surface area contributed by atoms with Crippen LogP contribution in [0.25, 0.3) is 0 Å². The molecular formula is C13H19N3O3S. The molecule has 7 heteroatoms. The Balaban J connectivity index is 1.96. The van der Waals surface area contributed by atoms with Gasteiger partial charge in [0.15, 0.2) is 0 Å². The standard InChI is InChI=1S/C13H19N3O3S/c14-13-12-10(15-20(18)16-13)6-5-7-11(12)19-9-4-2-1-3-8-17/h5-7,15,17H,1-4,8-9H2,(H2,14,16). The van der Waals surface area contributed by atoms with Gasteiger partial charge in [0.05, 0.1) is 17.9 Å². The lowest BCUT2D eigenvalue weighted by molar-refractivity contribution is 0.273. The largest absolute Gasteiger partial charge is 0.493 e. The van der Waals surface area contributed by atoms with Crippen LogP contribution >= 0.6 is 0 Å². The molecule has 0 saturated carbocycles. The summed E-state index contributed by atoms with van der Waals surface area (Å²) in [6, 6.07) is 5.44. The van der Waals surface area contributed by atoms with Crippen LogP contribution in [0.2, 0.25) is 0 Å². The third-order valence-corrected chi connectivity index (χ3v) is 3.73. The number of unbranched alkanes of at least 4 members (excludes halogenated alkanes) is 3. The van der Waals surface area contributed by atoms with Crippen LogP contribution in [0.15, 0.2) is 22.6 Å². The summed E-state index contributed by atoms with van der Waals surface area (Å²) < 4.78 is 23.7. The average molecular weight is 297 g/mol. The van der Waals surface area contributed by atoms with E-state index in [9.17, 15) is 4.21 Å². The third kappa shape index (κ3) is 3.71. The van der Waals surface area contributed by atoms with Crippen molar-refractivity contribution in [2.75, 3.05) is 17.9 Å². The lowest BCUT2D eigenvalue weighted by Crippen LogP contribution is -2.24. The molecule has 1 aliphatic rings. The summed E-state index contributed by atoms with van der Waals surface area (Å²) in [5.41, 5.74) is 7.16. The number of aliphatic hydroxyl groups is 1. The van der Waals surface area contributed by atoms with Gasteiger partial charge in [0.25, 0.3) is 0 Å². The molecule has 1 aliphatic heterocycles. The van der Waals surface area contributed by atoms with Gasteiger partial charge in [-0.15, -0.1) is 0 Å². The zero-order chi connectivity index (χ0) is 14.4. The minimum absolute atomic E-state index is 0.230. The van der Waals surface area contributed by atoms with Crippen LogP contribution < -0.4 is 15.2 Å². The SMILES string of the molecule is NC1=NS(=O)Nc2cccc(OCCCCCCO)c21. The Hall–Kier alpha value is -1.60. The normalized spacial score (nSPS) is 17.1. The fraction of sp³-hybridized carbons (Fsp3) is 0.462. The first-order valence-corrected chi connectivity index (χ1v) is 7.73. The highest BCUT2D eigenvalue weighted by atomic mass is 32.2. The highest BCUT2D eigenvalue weighted by Crippen LogP contribution is 2.29. The smallest absolute Gasteiger partial charge is 0.245 e. The Morgan fingerprint density at radius 1 is 1.30 bits per heavy atom. The molecule has 2 rings (SSSR count). The molecule has 6 nitrogen and oxygen atoms in total. The number of fused-ring (bicyclic) bond motifs is 1. The second-order valence-electron chi connectivity index (χ2n) is 4.49. The number of nitrogens with zero attached hydrogens (tertiary/aromatic N) is 1. The van der Waals surface area contributed by atoms with Gasteiger partial charge in [-0.25, -0.2) is 4.21 Å². The van der Waals surface area contributed by atoms with Crippen molar-refractivity contribution in [1.29, 1.82) is 0 Å². The second-order valence-corrected chi connectivity index (χ2v) is 5.38. The third-order valence-electron chi connectivity index (χ3n) is 2.97. The first-order valence-electron chi connectivity index (χ1n) is 6.62. The van der Waals surface area contributed by atoms with Gasteiger partial charge in [-0.1, -0.05) is 12.5 Å². The van der Waals surface area contributed by atoms with E-state index in [1.807, 2.05) is 12.1 Å². The van der Waals surface area contributed by atoms with Gasteiger partial charge >= 0.3 is 0 Å². The van der Waals surface area contributed by atoms with Gasteiger partial charge in [0.1, 0.15) is 11.6 Å². The highest BCUT2D eigenvalue weighted by Gasteiger charge is 2.19. The summed E-state index contributed by atoms with van der Waals surface area (Å²) in [5.74, 6) is 0.878. The number of anilines is 1. The fourth-order valence-electron chi connectivity index (χ4n) is 2.00. The van der Waals surface area contributed by atoms with E-state index < -0.39 is 11.2 Å². The lowest BCUT2D eigenvalue weighted by Gasteiger charge is -2.18. The van der Waals surface area contributed by atoms with Crippen LogP contribution in [0.1, 0.15) is 31.2 Å². The molecule has 4 N–H and O–H groups in total. The molecule has 0 amide bonds. The summed E-state index contributed by atoms with van der Waals surface area (Å²) in [7, 11) is 0. The van der Waals surface area contributed by atoms with E-state index in [0.29, 0.717) is 23.6 Å².